The minimum absolute atomic E-state index is 0.160. The van der Waals surface area contributed by atoms with Crippen molar-refractivity contribution in [3.8, 4) is 0 Å². The van der Waals surface area contributed by atoms with Gasteiger partial charge in [0.1, 0.15) is 0 Å². The molecule has 0 radical (unpaired) electrons. The Kier molecular flexibility index (Phi) is 8.24. The van der Waals surface area contributed by atoms with Crippen LogP contribution in [-0.2, 0) is 6.15 Å². The van der Waals surface area contributed by atoms with Crippen molar-refractivity contribution >= 4 is 19.2 Å². The van der Waals surface area contributed by atoms with E-state index in [0.29, 0.717) is 0 Å². The fourth-order valence-corrected chi connectivity index (χ4v) is 14.1. The molecular formula is C18H36O2Sn. The summed E-state index contributed by atoms with van der Waals surface area (Å²) in [7, 11) is 0. The van der Waals surface area contributed by atoms with Gasteiger partial charge in [-0.25, -0.2) is 0 Å². The van der Waals surface area contributed by atoms with Gasteiger partial charge in [0.25, 0.3) is 0 Å². The molecule has 0 aromatic carbocycles. The van der Waals surface area contributed by atoms with Crippen LogP contribution in [-0.4, -0.2) is 30.4 Å². The van der Waals surface area contributed by atoms with E-state index in [1.807, 2.05) is 0 Å². The van der Waals surface area contributed by atoms with E-state index in [1.54, 1.807) is 0 Å². The van der Waals surface area contributed by atoms with Crippen LogP contribution in [0.25, 0.3) is 0 Å². The molecule has 2 nitrogen and oxygen atoms in total. The van der Waals surface area contributed by atoms with E-state index in [-0.39, 0.29) is 11.2 Å². The van der Waals surface area contributed by atoms with E-state index in [0.717, 1.165) is 8.87 Å². The average Bonchev–Trinajstić information content (AvgIpc) is 2.19. The molecule has 124 valence electrons. The fourth-order valence-electron chi connectivity index (χ4n) is 2.11. The zero-order valence-corrected chi connectivity index (χ0v) is 18.7. The zero-order chi connectivity index (χ0) is 16.9. The first-order chi connectivity index (χ1) is 9.25. The second-order valence-corrected chi connectivity index (χ2v) is 17.0. The molecule has 0 aromatic heterocycles. The van der Waals surface area contributed by atoms with Crippen molar-refractivity contribution in [3.05, 3.63) is 23.3 Å². The third-order valence-corrected chi connectivity index (χ3v) is 13.0. The predicted octanol–water partition coefficient (Wildman–Crippen LogP) is 5.99. The molecule has 0 aliphatic heterocycles. The summed E-state index contributed by atoms with van der Waals surface area (Å²) in [5.74, 6) is 0. The third kappa shape index (κ3) is 11.4. The molecule has 0 aliphatic rings. The number of hydrogen-bond acceptors (Lipinski definition) is 2. The Bertz CT molecular complexity index is 335. The summed E-state index contributed by atoms with van der Waals surface area (Å²) in [6.45, 7) is 21.4. The molecule has 0 amide bonds. The van der Waals surface area contributed by atoms with Crippen LogP contribution in [0.2, 0.25) is 8.87 Å². The van der Waals surface area contributed by atoms with E-state index >= 15 is 0 Å². The molecule has 0 aliphatic carbocycles. The molecule has 0 unspecified atom stereocenters. The summed E-state index contributed by atoms with van der Waals surface area (Å²) in [4.78, 5) is 0. The van der Waals surface area contributed by atoms with Crippen molar-refractivity contribution in [2.24, 2.45) is 0 Å². The van der Waals surface area contributed by atoms with Gasteiger partial charge in [-0.15, -0.1) is 0 Å². The number of hydrogen-bond donors (Lipinski definition) is 0. The summed E-state index contributed by atoms with van der Waals surface area (Å²) in [5, 5.41) is 0. The van der Waals surface area contributed by atoms with Crippen LogP contribution < -0.4 is 0 Å². The van der Waals surface area contributed by atoms with Crippen molar-refractivity contribution in [1.82, 2.24) is 0 Å². The van der Waals surface area contributed by atoms with Gasteiger partial charge in [-0.2, -0.15) is 0 Å². The van der Waals surface area contributed by atoms with Gasteiger partial charge in [-0.1, -0.05) is 0 Å². The summed E-state index contributed by atoms with van der Waals surface area (Å²) >= 11 is -3.23. The molecule has 0 rings (SSSR count). The van der Waals surface area contributed by atoms with Crippen LogP contribution >= 0.6 is 0 Å². The summed E-state index contributed by atoms with van der Waals surface area (Å²) in [6, 6.07) is 0. The number of rotatable bonds is 6. The van der Waals surface area contributed by atoms with Crippen molar-refractivity contribution in [2.45, 2.75) is 89.3 Å². The molecular weight excluding hydrogens is 367 g/mol. The monoisotopic (exact) mass is 404 g/mol. The second kappa shape index (κ2) is 8.16. The van der Waals surface area contributed by atoms with Crippen LogP contribution in [0, 0.1) is 0 Å². The maximum absolute atomic E-state index is 6.60. The standard InChI is InChI=1S/2C5H9.2C4H9O.Sn/c2*1-4-5(2)3;2*1-4(2,3)5;/h2*4H,1H2,2-3H3;2*1-3H3;/q;;2*-1;+2. The first-order valence-electron chi connectivity index (χ1n) is 7.92. The minimum atomic E-state index is -3.23. The van der Waals surface area contributed by atoms with E-state index in [4.69, 9.17) is 6.15 Å². The molecule has 0 saturated carbocycles. The molecule has 0 atom stereocenters. The SMILES string of the molecule is CC(C)=C[CH2][Sn]([CH2]C=C(C)C)([O]C(C)(C)C)[O]C(C)(C)C. The molecule has 3 heteroatoms. The molecule has 0 fully saturated rings. The maximum atomic E-state index is 6.60. The first-order valence-corrected chi connectivity index (χ1v) is 14.3. The van der Waals surface area contributed by atoms with Crippen LogP contribution in [0.5, 0.6) is 0 Å². The van der Waals surface area contributed by atoms with Gasteiger partial charge in [0.15, 0.2) is 0 Å². The predicted molar refractivity (Wildman–Crippen MR) is 95.9 cm³/mol. The Balaban J connectivity index is 5.56. The van der Waals surface area contributed by atoms with Crippen molar-refractivity contribution in [1.29, 1.82) is 0 Å². The van der Waals surface area contributed by atoms with E-state index < -0.39 is 19.2 Å². The Morgan fingerprint density at radius 3 is 1.19 bits per heavy atom. The zero-order valence-electron chi connectivity index (χ0n) is 15.9. The molecule has 21 heavy (non-hydrogen) atoms. The first kappa shape index (κ1) is 21.2. The molecule has 0 aromatic rings. The van der Waals surface area contributed by atoms with Gasteiger partial charge in [0.05, 0.1) is 0 Å². The van der Waals surface area contributed by atoms with Gasteiger partial charge in [0.2, 0.25) is 0 Å². The van der Waals surface area contributed by atoms with Crippen molar-refractivity contribution in [3.63, 3.8) is 0 Å². The van der Waals surface area contributed by atoms with E-state index in [1.165, 1.54) is 11.1 Å². The van der Waals surface area contributed by atoms with Gasteiger partial charge >= 0.3 is 138 Å². The van der Waals surface area contributed by atoms with Gasteiger partial charge in [0, 0.05) is 0 Å². The van der Waals surface area contributed by atoms with E-state index in [9.17, 15) is 0 Å². The molecule has 0 bridgehead atoms. The van der Waals surface area contributed by atoms with E-state index in [2.05, 4.69) is 81.4 Å². The van der Waals surface area contributed by atoms with Gasteiger partial charge < -0.3 is 0 Å². The quantitative estimate of drug-likeness (QED) is 0.401. The van der Waals surface area contributed by atoms with Gasteiger partial charge in [-0.05, 0) is 0 Å². The van der Waals surface area contributed by atoms with Crippen LogP contribution in [0.15, 0.2) is 23.3 Å². The summed E-state index contributed by atoms with van der Waals surface area (Å²) < 4.78 is 15.1. The third-order valence-electron chi connectivity index (χ3n) is 2.63. The normalized spacial score (nSPS) is 13.0. The van der Waals surface area contributed by atoms with Crippen LogP contribution in [0.4, 0.5) is 0 Å². The molecule has 0 spiro atoms. The fraction of sp³-hybridized carbons (Fsp3) is 0.778. The molecule has 0 saturated heterocycles. The molecule has 0 heterocycles. The second-order valence-electron chi connectivity index (χ2n) is 8.31. The van der Waals surface area contributed by atoms with Crippen LogP contribution in [0.1, 0.15) is 69.2 Å². The van der Waals surface area contributed by atoms with Crippen molar-refractivity contribution < 1.29 is 6.15 Å². The summed E-state index contributed by atoms with van der Waals surface area (Å²) in [5.41, 5.74) is 2.35. The topological polar surface area (TPSA) is 18.5 Å². The summed E-state index contributed by atoms with van der Waals surface area (Å²) in [6.07, 6.45) is 4.60. The Labute approximate surface area is 138 Å². The molecule has 0 N–H and O–H groups in total. The average molecular weight is 403 g/mol. The Morgan fingerprint density at radius 2 is 1.00 bits per heavy atom. The number of allylic oxidation sites excluding steroid dienone is 4. The Morgan fingerprint density at radius 1 is 0.714 bits per heavy atom. The van der Waals surface area contributed by atoms with Crippen LogP contribution in [0.3, 0.4) is 0 Å². The van der Waals surface area contributed by atoms with Gasteiger partial charge in [-0.3, -0.25) is 0 Å². The Hall–Kier alpha value is 0.199. The van der Waals surface area contributed by atoms with Crippen molar-refractivity contribution in [2.75, 3.05) is 0 Å².